The van der Waals surface area contributed by atoms with E-state index in [-0.39, 0.29) is 4.90 Å². The third kappa shape index (κ3) is 3.67. The second kappa shape index (κ2) is 7.04. The number of hydrogen-bond donors (Lipinski definition) is 1. The Morgan fingerprint density at radius 3 is 2.22 bits per heavy atom. The van der Waals surface area contributed by atoms with Crippen LogP contribution in [0.3, 0.4) is 0 Å². The zero-order chi connectivity index (χ0) is 17.0. The molecule has 0 aliphatic heterocycles. The van der Waals surface area contributed by atoms with Crippen LogP contribution in [0.5, 0.6) is 0 Å². The van der Waals surface area contributed by atoms with E-state index in [2.05, 4.69) is 28.6 Å². The predicted octanol–water partition coefficient (Wildman–Crippen LogP) is 2.86. The van der Waals surface area contributed by atoms with E-state index >= 15 is 0 Å². The highest BCUT2D eigenvalue weighted by Crippen LogP contribution is 2.22. The van der Waals surface area contributed by atoms with E-state index in [0.717, 1.165) is 18.8 Å². The standard InChI is InChI=1S/C16H24N4O2S/c1-5-19(6-2)15-10-8-14(9-11-15)18-23(21,22)16-12-17-20(7-3)13(16)4/h8-12,18H,5-7H2,1-4H3. The summed E-state index contributed by atoms with van der Waals surface area (Å²) in [6.45, 7) is 10.3. The molecule has 0 unspecified atom stereocenters. The first-order valence-electron chi connectivity index (χ1n) is 7.83. The van der Waals surface area contributed by atoms with Crippen LogP contribution < -0.4 is 9.62 Å². The number of rotatable bonds is 7. The molecule has 0 aliphatic carbocycles. The Bertz CT molecular complexity index is 747. The van der Waals surface area contributed by atoms with E-state index in [4.69, 9.17) is 0 Å². The summed E-state index contributed by atoms with van der Waals surface area (Å²) < 4.78 is 29.3. The van der Waals surface area contributed by atoms with Gasteiger partial charge in [0.25, 0.3) is 10.0 Å². The largest absolute Gasteiger partial charge is 0.372 e. The fraction of sp³-hybridized carbons (Fsp3) is 0.438. The number of aromatic nitrogens is 2. The van der Waals surface area contributed by atoms with Crippen LogP contribution in [-0.2, 0) is 16.6 Å². The van der Waals surface area contributed by atoms with Crippen molar-refractivity contribution in [2.45, 2.75) is 39.1 Å². The Morgan fingerprint density at radius 1 is 1.13 bits per heavy atom. The average Bonchev–Trinajstić information content (AvgIpc) is 2.91. The van der Waals surface area contributed by atoms with Crippen molar-refractivity contribution in [1.29, 1.82) is 0 Å². The molecule has 0 aliphatic rings. The molecule has 0 bridgehead atoms. The van der Waals surface area contributed by atoms with Crippen molar-refractivity contribution in [1.82, 2.24) is 9.78 Å². The van der Waals surface area contributed by atoms with E-state index in [1.165, 1.54) is 6.20 Å². The predicted molar refractivity (Wildman–Crippen MR) is 93.4 cm³/mol. The van der Waals surface area contributed by atoms with Gasteiger partial charge in [-0.2, -0.15) is 5.10 Å². The minimum absolute atomic E-state index is 0.215. The molecule has 0 fully saturated rings. The van der Waals surface area contributed by atoms with Crippen LogP contribution in [-0.4, -0.2) is 31.3 Å². The van der Waals surface area contributed by atoms with Crippen molar-refractivity contribution in [2.75, 3.05) is 22.7 Å². The third-order valence-corrected chi connectivity index (χ3v) is 5.38. The molecular weight excluding hydrogens is 312 g/mol. The highest BCUT2D eigenvalue weighted by Gasteiger charge is 2.20. The maximum absolute atomic E-state index is 12.5. The van der Waals surface area contributed by atoms with Gasteiger partial charge in [-0.15, -0.1) is 0 Å². The van der Waals surface area contributed by atoms with Gasteiger partial charge in [0.1, 0.15) is 4.90 Å². The summed E-state index contributed by atoms with van der Waals surface area (Å²) in [6, 6.07) is 7.41. The maximum Gasteiger partial charge on any atom is 0.265 e. The first-order valence-corrected chi connectivity index (χ1v) is 9.31. The molecule has 0 saturated carbocycles. The van der Waals surface area contributed by atoms with Crippen LogP contribution in [0.4, 0.5) is 11.4 Å². The molecule has 2 aromatic rings. The Morgan fingerprint density at radius 2 is 1.74 bits per heavy atom. The van der Waals surface area contributed by atoms with Gasteiger partial charge in [-0.25, -0.2) is 8.42 Å². The quantitative estimate of drug-likeness (QED) is 0.844. The molecule has 1 heterocycles. The molecule has 2 rings (SSSR count). The third-order valence-electron chi connectivity index (χ3n) is 3.90. The van der Waals surface area contributed by atoms with Gasteiger partial charge in [-0.05, 0) is 52.0 Å². The molecule has 1 N–H and O–H groups in total. The van der Waals surface area contributed by atoms with Crippen molar-refractivity contribution < 1.29 is 8.42 Å². The Balaban J connectivity index is 2.22. The fourth-order valence-electron chi connectivity index (χ4n) is 2.55. The van der Waals surface area contributed by atoms with E-state index in [1.54, 1.807) is 23.7 Å². The minimum Gasteiger partial charge on any atom is -0.372 e. The van der Waals surface area contributed by atoms with Gasteiger partial charge in [0.05, 0.1) is 11.9 Å². The van der Waals surface area contributed by atoms with Gasteiger partial charge in [0, 0.05) is 31.0 Å². The molecule has 1 aromatic carbocycles. The molecule has 0 saturated heterocycles. The summed E-state index contributed by atoms with van der Waals surface area (Å²) in [5, 5.41) is 4.09. The van der Waals surface area contributed by atoms with Gasteiger partial charge in [-0.1, -0.05) is 0 Å². The number of hydrogen-bond acceptors (Lipinski definition) is 4. The smallest absolute Gasteiger partial charge is 0.265 e. The van der Waals surface area contributed by atoms with E-state index < -0.39 is 10.0 Å². The SMILES string of the molecule is CCN(CC)c1ccc(NS(=O)(=O)c2cnn(CC)c2C)cc1. The average molecular weight is 336 g/mol. The normalized spacial score (nSPS) is 11.5. The summed E-state index contributed by atoms with van der Waals surface area (Å²) in [5.41, 5.74) is 2.26. The molecule has 126 valence electrons. The maximum atomic E-state index is 12.5. The van der Waals surface area contributed by atoms with E-state index in [0.29, 0.717) is 17.9 Å². The lowest BCUT2D eigenvalue weighted by Crippen LogP contribution is -2.21. The van der Waals surface area contributed by atoms with Crippen molar-refractivity contribution in [3.8, 4) is 0 Å². The van der Waals surface area contributed by atoms with Crippen molar-refractivity contribution in [3.63, 3.8) is 0 Å². The Labute approximate surface area is 138 Å². The van der Waals surface area contributed by atoms with Gasteiger partial charge in [0.15, 0.2) is 0 Å². The summed E-state index contributed by atoms with van der Waals surface area (Å²) >= 11 is 0. The lowest BCUT2D eigenvalue weighted by molar-refractivity contribution is 0.598. The summed E-state index contributed by atoms with van der Waals surface area (Å²) in [7, 11) is -3.62. The monoisotopic (exact) mass is 336 g/mol. The zero-order valence-electron chi connectivity index (χ0n) is 14.1. The Kier molecular flexibility index (Phi) is 5.30. The first-order chi connectivity index (χ1) is 10.9. The Hall–Kier alpha value is -2.02. The molecule has 0 atom stereocenters. The fourth-order valence-corrected chi connectivity index (χ4v) is 3.79. The minimum atomic E-state index is -3.62. The summed E-state index contributed by atoms with van der Waals surface area (Å²) in [4.78, 5) is 2.42. The summed E-state index contributed by atoms with van der Waals surface area (Å²) in [5.74, 6) is 0. The van der Waals surface area contributed by atoms with Crippen LogP contribution in [0.1, 0.15) is 26.5 Å². The lowest BCUT2D eigenvalue weighted by Gasteiger charge is -2.21. The highest BCUT2D eigenvalue weighted by atomic mass is 32.2. The number of aryl methyl sites for hydroxylation is 1. The number of nitrogens with zero attached hydrogens (tertiary/aromatic N) is 3. The highest BCUT2D eigenvalue weighted by molar-refractivity contribution is 7.92. The zero-order valence-corrected chi connectivity index (χ0v) is 14.9. The van der Waals surface area contributed by atoms with Gasteiger partial charge >= 0.3 is 0 Å². The molecule has 0 amide bonds. The van der Waals surface area contributed by atoms with E-state index in [9.17, 15) is 8.42 Å². The number of nitrogens with one attached hydrogen (secondary N) is 1. The molecule has 7 heteroatoms. The van der Waals surface area contributed by atoms with Crippen LogP contribution in [0.15, 0.2) is 35.4 Å². The lowest BCUT2D eigenvalue weighted by atomic mass is 10.2. The first kappa shape index (κ1) is 17.3. The molecule has 6 nitrogen and oxygen atoms in total. The van der Waals surface area contributed by atoms with Crippen LogP contribution in [0.25, 0.3) is 0 Å². The number of anilines is 2. The molecule has 1 aromatic heterocycles. The molecule has 0 radical (unpaired) electrons. The van der Waals surface area contributed by atoms with Crippen LogP contribution in [0, 0.1) is 6.92 Å². The second-order valence-corrected chi connectivity index (χ2v) is 6.89. The number of sulfonamides is 1. The topological polar surface area (TPSA) is 67.2 Å². The van der Waals surface area contributed by atoms with Gasteiger partial charge in [-0.3, -0.25) is 9.40 Å². The van der Waals surface area contributed by atoms with Crippen molar-refractivity contribution in [2.24, 2.45) is 0 Å². The second-order valence-electron chi connectivity index (χ2n) is 5.23. The number of benzene rings is 1. The van der Waals surface area contributed by atoms with Gasteiger partial charge < -0.3 is 4.90 Å². The van der Waals surface area contributed by atoms with E-state index in [1.807, 2.05) is 19.1 Å². The van der Waals surface area contributed by atoms with Crippen molar-refractivity contribution in [3.05, 3.63) is 36.2 Å². The van der Waals surface area contributed by atoms with Crippen LogP contribution in [0.2, 0.25) is 0 Å². The van der Waals surface area contributed by atoms with Crippen molar-refractivity contribution >= 4 is 21.4 Å². The molecule has 23 heavy (non-hydrogen) atoms. The van der Waals surface area contributed by atoms with Crippen LogP contribution >= 0.6 is 0 Å². The molecular formula is C16H24N4O2S. The van der Waals surface area contributed by atoms with Gasteiger partial charge in [0.2, 0.25) is 0 Å². The summed E-state index contributed by atoms with van der Waals surface area (Å²) in [6.07, 6.45) is 1.39. The molecule has 0 spiro atoms.